The molecule has 0 saturated carbocycles. The van der Waals surface area contributed by atoms with E-state index in [1.54, 1.807) is 30.2 Å². The van der Waals surface area contributed by atoms with E-state index in [1.165, 1.54) is 0 Å². The lowest BCUT2D eigenvalue weighted by molar-refractivity contribution is -0.143. The van der Waals surface area contributed by atoms with Gasteiger partial charge in [-0.05, 0) is 71.6 Å². The molecule has 6 nitrogen and oxygen atoms in total. The van der Waals surface area contributed by atoms with Crippen LogP contribution in [0.2, 0.25) is 5.02 Å². The van der Waals surface area contributed by atoms with Crippen LogP contribution in [0.5, 0.6) is 11.5 Å². The van der Waals surface area contributed by atoms with Crippen molar-refractivity contribution in [2.45, 2.75) is 52.2 Å². The van der Waals surface area contributed by atoms with Gasteiger partial charge in [0, 0.05) is 17.6 Å². The molecule has 0 aliphatic carbocycles. The van der Waals surface area contributed by atoms with Gasteiger partial charge in [0.05, 0.1) is 11.6 Å². The summed E-state index contributed by atoms with van der Waals surface area (Å²) in [5, 5.41) is 3.55. The van der Waals surface area contributed by atoms with Crippen molar-refractivity contribution in [2.75, 3.05) is 13.7 Å². The van der Waals surface area contributed by atoms with Crippen LogP contribution in [0.1, 0.15) is 39.2 Å². The van der Waals surface area contributed by atoms with Crippen LogP contribution in [0.15, 0.2) is 46.9 Å². The molecule has 2 rings (SSSR count). The smallest absolute Gasteiger partial charge is 0.261 e. The summed E-state index contributed by atoms with van der Waals surface area (Å²) in [5.41, 5.74) is 0.861. The molecule has 0 heterocycles. The fourth-order valence-corrected chi connectivity index (χ4v) is 3.94. The minimum absolute atomic E-state index is 0.0200. The van der Waals surface area contributed by atoms with Gasteiger partial charge in [-0.25, -0.2) is 0 Å². The number of hydrogen-bond donors (Lipinski definition) is 1. The van der Waals surface area contributed by atoms with Gasteiger partial charge in [0.15, 0.2) is 6.61 Å². The highest BCUT2D eigenvalue weighted by Crippen LogP contribution is 2.28. The lowest BCUT2D eigenvalue weighted by atomic mass is 10.1. The second-order valence-electron chi connectivity index (χ2n) is 7.48. The monoisotopic (exact) mass is 524 g/mol. The molecule has 2 unspecified atom stereocenters. The number of hydrogen-bond acceptors (Lipinski definition) is 4. The Labute approximate surface area is 203 Å². The second-order valence-corrected chi connectivity index (χ2v) is 8.77. The third-order valence-electron chi connectivity index (χ3n) is 5.12. The molecule has 0 saturated heterocycles. The molecule has 2 amide bonds. The summed E-state index contributed by atoms with van der Waals surface area (Å²) in [4.78, 5) is 27.8. The molecule has 0 fully saturated rings. The Morgan fingerprint density at radius 1 is 1.16 bits per heavy atom. The van der Waals surface area contributed by atoms with Crippen LogP contribution in [-0.2, 0) is 16.1 Å². The first kappa shape index (κ1) is 26.0. The molecular weight excluding hydrogens is 496 g/mol. The van der Waals surface area contributed by atoms with E-state index < -0.39 is 6.04 Å². The SMILES string of the molecule is CCC(C)NC(=O)C(CC)N(Cc1cccc(OC)c1)C(=O)COc1ccc(Cl)cc1Br. The Hall–Kier alpha value is -2.25. The molecule has 0 aliphatic rings. The average molecular weight is 526 g/mol. The molecule has 0 radical (unpaired) electrons. The third kappa shape index (κ3) is 7.41. The zero-order valence-electron chi connectivity index (χ0n) is 18.9. The number of amides is 2. The summed E-state index contributed by atoms with van der Waals surface area (Å²) < 4.78 is 11.7. The van der Waals surface area contributed by atoms with Gasteiger partial charge in [-0.3, -0.25) is 9.59 Å². The quantitative estimate of drug-likeness (QED) is 0.437. The van der Waals surface area contributed by atoms with Crippen molar-refractivity contribution in [3.63, 3.8) is 0 Å². The number of benzene rings is 2. The van der Waals surface area contributed by atoms with Crippen molar-refractivity contribution in [3.05, 3.63) is 57.5 Å². The second kappa shape index (κ2) is 12.7. The van der Waals surface area contributed by atoms with Gasteiger partial charge in [-0.15, -0.1) is 0 Å². The standard InChI is InChI=1S/C24H30BrClN2O4/c1-5-16(3)27-24(30)21(6-2)28(14-17-8-7-9-19(12-17)31-4)23(29)15-32-22-11-10-18(26)13-20(22)25/h7-13,16,21H,5-6,14-15H2,1-4H3,(H,27,30). The van der Waals surface area contributed by atoms with E-state index in [4.69, 9.17) is 21.1 Å². The third-order valence-corrected chi connectivity index (χ3v) is 5.97. The highest BCUT2D eigenvalue weighted by Gasteiger charge is 2.29. The molecular formula is C24H30BrClN2O4. The van der Waals surface area contributed by atoms with Crippen molar-refractivity contribution in [2.24, 2.45) is 0 Å². The highest BCUT2D eigenvalue weighted by atomic mass is 79.9. The Bertz CT molecular complexity index is 925. The van der Waals surface area contributed by atoms with Crippen LogP contribution in [0, 0.1) is 0 Å². The summed E-state index contributed by atoms with van der Waals surface area (Å²) >= 11 is 9.37. The first-order chi connectivity index (χ1) is 15.3. The fourth-order valence-electron chi connectivity index (χ4n) is 3.14. The van der Waals surface area contributed by atoms with Gasteiger partial charge in [0.2, 0.25) is 5.91 Å². The van der Waals surface area contributed by atoms with Crippen LogP contribution in [-0.4, -0.2) is 42.5 Å². The molecule has 2 aromatic carbocycles. The van der Waals surface area contributed by atoms with Gasteiger partial charge in [-0.1, -0.05) is 37.6 Å². The lowest BCUT2D eigenvalue weighted by Crippen LogP contribution is -2.51. The maximum Gasteiger partial charge on any atom is 0.261 e. The molecule has 2 atom stereocenters. The lowest BCUT2D eigenvalue weighted by Gasteiger charge is -2.31. The molecule has 8 heteroatoms. The number of rotatable bonds is 11. The number of nitrogens with one attached hydrogen (secondary N) is 1. The van der Waals surface area contributed by atoms with Gasteiger partial charge < -0.3 is 19.7 Å². The average Bonchev–Trinajstić information content (AvgIpc) is 2.78. The van der Waals surface area contributed by atoms with E-state index in [0.717, 1.165) is 12.0 Å². The molecule has 0 spiro atoms. The molecule has 1 N–H and O–H groups in total. The molecule has 32 heavy (non-hydrogen) atoms. The minimum Gasteiger partial charge on any atom is -0.497 e. The Balaban J connectivity index is 2.25. The van der Waals surface area contributed by atoms with Gasteiger partial charge in [-0.2, -0.15) is 0 Å². The number of halogens is 2. The van der Waals surface area contributed by atoms with E-state index in [0.29, 0.717) is 27.4 Å². The molecule has 174 valence electrons. The van der Waals surface area contributed by atoms with Crippen LogP contribution in [0.25, 0.3) is 0 Å². The number of methoxy groups -OCH3 is 1. The van der Waals surface area contributed by atoms with Crippen molar-refractivity contribution < 1.29 is 19.1 Å². The van der Waals surface area contributed by atoms with Crippen LogP contribution < -0.4 is 14.8 Å². The first-order valence-electron chi connectivity index (χ1n) is 10.6. The summed E-state index contributed by atoms with van der Waals surface area (Å²) in [6.07, 6.45) is 1.28. The fraction of sp³-hybridized carbons (Fsp3) is 0.417. The van der Waals surface area contributed by atoms with Crippen LogP contribution in [0.3, 0.4) is 0 Å². The van der Waals surface area contributed by atoms with E-state index in [-0.39, 0.29) is 31.0 Å². The summed E-state index contributed by atoms with van der Waals surface area (Å²) in [6, 6.07) is 11.9. The number of ether oxygens (including phenoxy) is 2. The van der Waals surface area contributed by atoms with E-state index in [1.807, 2.05) is 45.0 Å². The first-order valence-corrected chi connectivity index (χ1v) is 11.8. The van der Waals surface area contributed by atoms with Crippen molar-refractivity contribution >= 4 is 39.3 Å². The maximum absolute atomic E-state index is 13.3. The summed E-state index contributed by atoms with van der Waals surface area (Å²) in [7, 11) is 1.59. The topological polar surface area (TPSA) is 67.9 Å². The van der Waals surface area contributed by atoms with Gasteiger partial charge >= 0.3 is 0 Å². The molecule has 0 aliphatic heterocycles. The highest BCUT2D eigenvalue weighted by molar-refractivity contribution is 9.10. The Morgan fingerprint density at radius 2 is 1.91 bits per heavy atom. The zero-order chi connectivity index (χ0) is 23.7. The van der Waals surface area contributed by atoms with E-state index in [2.05, 4.69) is 21.2 Å². The number of carbonyl (C=O) groups is 2. The Morgan fingerprint density at radius 3 is 2.53 bits per heavy atom. The normalized spacial score (nSPS) is 12.6. The van der Waals surface area contributed by atoms with Gasteiger partial charge in [0.25, 0.3) is 5.91 Å². The van der Waals surface area contributed by atoms with Crippen molar-refractivity contribution in [1.82, 2.24) is 10.2 Å². The van der Waals surface area contributed by atoms with Crippen LogP contribution >= 0.6 is 27.5 Å². The van der Waals surface area contributed by atoms with Crippen molar-refractivity contribution in [3.8, 4) is 11.5 Å². The van der Waals surface area contributed by atoms with E-state index in [9.17, 15) is 9.59 Å². The Kier molecular flexibility index (Phi) is 10.3. The number of carbonyl (C=O) groups excluding carboxylic acids is 2. The number of nitrogens with zero attached hydrogens (tertiary/aromatic N) is 1. The molecule has 0 aromatic heterocycles. The zero-order valence-corrected chi connectivity index (χ0v) is 21.2. The summed E-state index contributed by atoms with van der Waals surface area (Å²) in [5.74, 6) is 0.723. The van der Waals surface area contributed by atoms with Gasteiger partial charge in [0.1, 0.15) is 17.5 Å². The predicted molar refractivity (Wildman–Crippen MR) is 130 cm³/mol. The van der Waals surface area contributed by atoms with E-state index >= 15 is 0 Å². The summed E-state index contributed by atoms with van der Waals surface area (Å²) in [6.45, 7) is 5.89. The molecule has 2 aromatic rings. The predicted octanol–water partition coefficient (Wildman–Crippen LogP) is 5.21. The minimum atomic E-state index is -0.625. The van der Waals surface area contributed by atoms with Crippen LogP contribution in [0.4, 0.5) is 0 Å². The maximum atomic E-state index is 13.3. The largest absolute Gasteiger partial charge is 0.497 e. The van der Waals surface area contributed by atoms with Crippen molar-refractivity contribution in [1.29, 1.82) is 0 Å². The molecule has 0 bridgehead atoms.